The van der Waals surface area contributed by atoms with E-state index in [1.54, 1.807) is 0 Å². The lowest BCUT2D eigenvalue weighted by Gasteiger charge is -2.41. The maximum atomic E-state index is 12.9. The number of benzene rings is 1. The molecule has 23 heavy (non-hydrogen) atoms. The van der Waals surface area contributed by atoms with Crippen molar-refractivity contribution in [3.05, 3.63) is 35.5 Å². The minimum Gasteiger partial charge on any atom is -0.333 e. The van der Waals surface area contributed by atoms with Crippen molar-refractivity contribution in [3.8, 4) is 0 Å². The Balaban J connectivity index is 1.92. The predicted octanol–water partition coefficient (Wildman–Crippen LogP) is 3.55. The first-order valence-corrected chi connectivity index (χ1v) is 8.36. The van der Waals surface area contributed by atoms with Gasteiger partial charge in [-0.3, -0.25) is 14.2 Å². The molecule has 0 saturated heterocycles. The quantitative estimate of drug-likeness (QED) is 0.747. The molecular formula is C19H22N2O2. The highest BCUT2D eigenvalue weighted by atomic mass is 16.2. The number of hydrogen-bond acceptors (Lipinski definition) is 2. The Bertz CT molecular complexity index is 826. The average Bonchev–Trinajstić information content (AvgIpc) is 2.86. The lowest BCUT2D eigenvalue weighted by molar-refractivity contribution is -0.143. The molecule has 1 aromatic carbocycles. The first kappa shape index (κ1) is 14.5. The minimum atomic E-state index is -0.393. The molecule has 0 aliphatic carbocycles. The Kier molecular flexibility index (Phi) is 2.96. The van der Waals surface area contributed by atoms with Crippen LogP contribution >= 0.6 is 0 Å². The summed E-state index contributed by atoms with van der Waals surface area (Å²) in [6, 6.07) is 8.16. The molecule has 4 rings (SSSR count). The summed E-state index contributed by atoms with van der Waals surface area (Å²) in [4.78, 5) is 27.4. The molecule has 3 heterocycles. The zero-order chi connectivity index (χ0) is 16.4. The second kappa shape index (κ2) is 4.70. The van der Waals surface area contributed by atoms with Crippen molar-refractivity contribution in [1.82, 2.24) is 9.47 Å². The summed E-state index contributed by atoms with van der Waals surface area (Å²) in [5.41, 5.74) is 2.93. The number of fused-ring (bicyclic) bond motifs is 3. The number of carbonyl (C=O) groups excluding carboxylic acids is 2. The van der Waals surface area contributed by atoms with Gasteiger partial charge >= 0.3 is 0 Å². The van der Waals surface area contributed by atoms with E-state index >= 15 is 0 Å². The third-order valence-electron chi connectivity index (χ3n) is 5.10. The van der Waals surface area contributed by atoms with Crippen molar-refractivity contribution in [3.63, 3.8) is 0 Å². The summed E-state index contributed by atoms with van der Waals surface area (Å²) in [6.07, 6.45) is 2.07. The predicted molar refractivity (Wildman–Crippen MR) is 89.4 cm³/mol. The summed E-state index contributed by atoms with van der Waals surface area (Å²) in [5, 5.41) is 1.17. The highest BCUT2D eigenvalue weighted by molar-refractivity contribution is 5.98. The first-order valence-electron chi connectivity index (χ1n) is 8.36. The number of carbonyl (C=O) groups is 2. The number of hydrogen-bond donors (Lipinski definition) is 0. The topological polar surface area (TPSA) is 42.3 Å². The van der Waals surface area contributed by atoms with Crippen molar-refractivity contribution in [2.75, 3.05) is 6.54 Å². The number of para-hydroxylation sites is 1. The fraction of sp³-hybridized carbons (Fsp3) is 0.474. The van der Waals surface area contributed by atoms with Gasteiger partial charge in [-0.25, -0.2) is 0 Å². The van der Waals surface area contributed by atoms with E-state index in [1.807, 2.05) is 48.4 Å². The molecule has 120 valence electrons. The van der Waals surface area contributed by atoms with Crippen molar-refractivity contribution in [2.24, 2.45) is 5.41 Å². The number of aromatic nitrogens is 1. The maximum Gasteiger partial charge on any atom is 0.231 e. The van der Waals surface area contributed by atoms with Crippen LogP contribution in [0.4, 0.5) is 0 Å². The van der Waals surface area contributed by atoms with E-state index in [1.165, 1.54) is 10.9 Å². The Morgan fingerprint density at radius 3 is 2.65 bits per heavy atom. The number of amides is 1. The van der Waals surface area contributed by atoms with E-state index in [4.69, 9.17) is 0 Å². The SMILES string of the molecule is CC(C)(C)C(=O)N1CCc2c3n(c4ccccc24)C(=O)CCC31. The third-order valence-corrected chi connectivity index (χ3v) is 5.10. The molecule has 0 spiro atoms. The van der Waals surface area contributed by atoms with Gasteiger partial charge < -0.3 is 4.90 Å². The van der Waals surface area contributed by atoms with Gasteiger partial charge in [0.15, 0.2) is 0 Å². The minimum absolute atomic E-state index is 0.0376. The molecule has 1 atom stereocenters. The van der Waals surface area contributed by atoms with E-state index in [2.05, 4.69) is 6.07 Å². The molecule has 2 aromatic rings. The van der Waals surface area contributed by atoms with Gasteiger partial charge in [0.25, 0.3) is 0 Å². The van der Waals surface area contributed by atoms with E-state index in [0.29, 0.717) is 6.42 Å². The van der Waals surface area contributed by atoms with Crippen LogP contribution in [0.1, 0.15) is 55.7 Å². The normalized spacial score (nSPS) is 20.7. The van der Waals surface area contributed by atoms with Crippen LogP contribution in [0, 0.1) is 5.41 Å². The van der Waals surface area contributed by atoms with E-state index in [0.717, 1.165) is 30.6 Å². The van der Waals surface area contributed by atoms with Crippen molar-refractivity contribution >= 4 is 22.7 Å². The van der Waals surface area contributed by atoms with Crippen LogP contribution in [0.3, 0.4) is 0 Å². The lowest BCUT2D eigenvalue weighted by Crippen LogP contribution is -2.47. The van der Waals surface area contributed by atoms with Crippen LogP contribution in [-0.2, 0) is 11.2 Å². The smallest absolute Gasteiger partial charge is 0.231 e. The molecule has 1 aromatic heterocycles. The highest BCUT2D eigenvalue weighted by Gasteiger charge is 2.41. The molecular weight excluding hydrogens is 288 g/mol. The fourth-order valence-electron chi connectivity index (χ4n) is 4.08. The molecule has 4 heteroatoms. The van der Waals surface area contributed by atoms with Gasteiger partial charge in [0.1, 0.15) is 0 Å². The molecule has 0 fully saturated rings. The van der Waals surface area contributed by atoms with E-state index in [9.17, 15) is 9.59 Å². The standard InChI is InChI=1S/C19H22N2O2/c1-19(2,3)18(23)20-11-10-13-12-6-4-5-7-14(12)21-16(22)9-8-15(20)17(13)21/h4-7,15H,8-11H2,1-3H3. The highest BCUT2D eigenvalue weighted by Crippen LogP contribution is 2.43. The molecule has 2 aliphatic rings. The van der Waals surface area contributed by atoms with Crippen molar-refractivity contribution < 1.29 is 9.59 Å². The second-order valence-electron chi connectivity index (χ2n) is 7.66. The monoisotopic (exact) mass is 310 g/mol. The first-order chi connectivity index (χ1) is 10.9. The van der Waals surface area contributed by atoms with Crippen LogP contribution in [-0.4, -0.2) is 27.8 Å². The Labute approximate surface area is 136 Å². The van der Waals surface area contributed by atoms with Gasteiger partial charge in [-0.05, 0) is 24.5 Å². The van der Waals surface area contributed by atoms with Crippen molar-refractivity contribution in [1.29, 1.82) is 0 Å². The summed E-state index contributed by atoms with van der Waals surface area (Å²) in [7, 11) is 0. The number of rotatable bonds is 0. The number of nitrogens with zero attached hydrogens (tertiary/aromatic N) is 2. The molecule has 4 nitrogen and oxygen atoms in total. The largest absolute Gasteiger partial charge is 0.333 e. The Morgan fingerprint density at radius 2 is 1.91 bits per heavy atom. The molecule has 0 N–H and O–H groups in total. The van der Waals surface area contributed by atoms with E-state index in [-0.39, 0.29) is 17.9 Å². The van der Waals surface area contributed by atoms with Crippen LogP contribution in [0.5, 0.6) is 0 Å². The van der Waals surface area contributed by atoms with Crippen molar-refractivity contribution in [2.45, 2.75) is 46.1 Å². The van der Waals surface area contributed by atoms with Gasteiger partial charge in [0.05, 0.1) is 17.3 Å². The molecule has 0 bridgehead atoms. The van der Waals surface area contributed by atoms with Gasteiger partial charge in [0.2, 0.25) is 11.8 Å². The van der Waals surface area contributed by atoms with Crippen LogP contribution in [0.2, 0.25) is 0 Å². The summed E-state index contributed by atoms with van der Waals surface area (Å²) in [5.74, 6) is 0.336. The maximum absolute atomic E-state index is 12.9. The molecule has 0 radical (unpaired) electrons. The Morgan fingerprint density at radius 1 is 1.17 bits per heavy atom. The summed E-state index contributed by atoms with van der Waals surface area (Å²) < 4.78 is 1.88. The molecule has 1 unspecified atom stereocenters. The average molecular weight is 310 g/mol. The van der Waals surface area contributed by atoms with Gasteiger partial charge in [0, 0.05) is 23.8 Å². The van der Waals surface area contributed by atoms with Crippen LogP contribution in [0.25, 0.3) is 10.9 Å². The molecule has 0 saturated carbocycles. The van der Waals surface area contributed by atoms with Gasteiger partial charge in [-0.2, -0.15) is 0 Å². The van der Waals surface area contributed by atoms with Crippen LogP contribution < -0.4 is 0 Å². The summed E-state index contributed by atoms with van der Waals surface area (Å²) >= 11 is 0. The Hall–Kier alpha value is -2.10. The zero-order valence-electron chi connectivity index (χ0n) is 13.9. The molecule has 1 amide bonds. The van der Waals surface area contributed by atoms with Gasteiger partial charge in [-0.15, -0.1) is 0 Å². The van der Waals surface area contributed by atoms with Gasteiger partial charge in [-0.1, -0.05) is 39.0 Å². The van der Waals surface area contributed by atoms with E-state index < -0.39 is 5.41 Å². The lowest BCUT2D eigenvalue weighted by atomic mass is 9.88. The fourth-order valence-corrected chi connectivity index (χ4v) is 4.08. The third kappa shape index (κ3) is 1.97. The summed E-state index contributed by atoms with van der Waals surface area (Å²) in [6.45, 7) is 6.65. The van der Waals surface area contributed by atoms with Crippen LogP contribution in [0.15, 0.2) is 24.3 Å². The molecule has 2 aliphatic heterocycles. The zero-order valence-corrected chi connectivity index (χ0v) is 13.9. The second-order valence-corrected chi connectivity index (χ2v) is 7.66.